The third kappa shape index (κ3) is 6.12. The van der Waals surface area contributed by atoms with Crippen molar-refractivity contribution in [2.75, 3.05) is 24.5 Å². The molecule has 1 fully saturated rings. The Hall–Kier alpha value is -3.82. The second-order valence-corrected chi connectivity index (χ2v) is 9.55. The Morgan fingerprint density at radius 3 is 2.30 bits per heavy atom. The van der Waals surface area contributed by atoms with Crippen LogP contribution < -0.4 is 15.2 Å². The average Bonchev–Trinajstić information content (AvgIpc) is 3.62. The molecule has 0 bridgehead atoms. The summed E-state index contributed by atoms with van der Waals surface area (Å²) in [5.41, 5.74) is 5.71. The van der Waals surface area contributed by atoms with Gasteiger partial charge in [0.25, 0.3) is 0 Å². The van der Waals surface area contributed by atoms with Gasteiger partial charge in [-0.2, -0.15) is 0 Å². The molecule has 1 aliphatic rings. The Kier molecular flexibility index (Phi) is 8.02. The fourth-order valence-corrected chi connectivity index (χ4v) is 4.97. The molecule has 1 N–H and O–H groups in total. The zero-order valence-electron chi connectivity index (χ0n) is 20.6. The normalized spacial score (nSPS) is 14.9. The quantitative estimate of drug-likeness (QED) is 0.233. The number of hydrazine groups is 1. The van der Waals surface area contributed by atoms with Crippen LogP contribution in [0.25, 0.3) is 11.4 Å². The highest BCUT2D eigenvalue weighted by Gasteiger charge is 2.23. The molecule has 0 radical (unpaired) electrons. The first-order valence-corrected chi connectivity index (χ1v) is 13.2. The number of thioether (sulfide) groups is 1. The Morgan fingerprint density at radius 1 is 1.03 bits per heavy atom. The van der Waals surface area contributed by atoms with E-state index >= 15 is 0 Å². The van der Waals surface area contributed by atoms with E-state index in [1.54, 1.807) is 12.1 Å². The first kappa shape index (κ1) is 24.9. The minimum absolute atomic E-state index is 0.104. The van der Waals surface area contributed by atoms with Gasteiger partial charge in [0.15, 0.2) is 11.0 Å². The Labute approximate surface area is 220 Å². The number of benzene rings is 3. The predicted octanol–water partition coefficient (Wildman–Crippen LogP) is 5.09. The number of ether oxygens (including phenoxy) is 2. The lowest BCUT2D eigenvalue weighted by atomic mass is 10.2. The lowest BCUT2D eigenvalue weighted by molar-refractivity contribution is -0.118. The summed E-state index contributed by atoms with van der Waals surface area (Å²) in [7, 11) is 1.64. The van der Waals surface area contributed by atoms with Crippen LogP contribution >= 0.6 is 11.8 Å². The van der Waals surface area contributed by atoms with Crippen molar-refractivity contribution in [3.8, 4) is 17.1 Å². The van der Waals surface area contributed by atoms with Gasteiger partial charge >= 0.3 is 0 Å². The van der Waals surface area contributed by atoms with Crippen LogP contribution in [0.2, 0.25) is 0 Å². The second kappa shape index (κ2) is 11.9. The number of anilines is 2. The van der Waals surface area contributed by atoms with Gasteiger partial charge in [0.2, 0.25) is 5.91 Å². The molecule has 4 aromatic rings. The number of carbonyl (C=O) groups is 1. The van der Waals surface area contributed by atoms with Gasteiger partial charge in [-0.1, -0.05) is 48.2 Å². The average molecular weight is 516 g/mol. The van der Waals surface area contributed by atoms with Crippen molar-refractivity contribution >= 4 is 29.0 Å². The maximum absolute atomic E-state index is 13.1. The van der Waals surface area contributed by atoms with E-state index in [1.165, 1.54) is 11.8 Å². The zero-order chi connectivity index (χ0) is 25.5. The lowest BCUT2D eigenvalue weighted by Crippen LogP contribution is -2.40. The fraction of sp³-hybridized carbons (Fsp3) is 0.250. The van der Waals surface area contributed by atoms with Gasteiger partial charge in [0.05, 0.1) is 36.9 Å². The van der Waals surface area contributed by atoms with Crippen molar-refractivity contribution < 1.29 is 14.3 Å². The van der Waals surface area contributed by atoms with Gasteiger partial charge in [-0.25, -0.2) is 0 Å². The highest BCUT2D eigenvalue weighted by atomic mass is 32.2. The molecule has 1 amide bonds. The number of carbonyl (C=O) groups excluding carboxylic acids is 1. The number of rotatable bonds is 10. The number of para-hydroxylation sites is 2. The maximum atomic E-state index is 13.1. The summed E-state index contributed by atoms with van der Waals surface area (Å²) in [5, 5.41) is 11.4. The number of hydrogen-bond acceptors (Lipinski definition) is 7. The van der Waals surface area contributed by atoms with Crippen molar-refractivity contribution in [2.24, 2.45) is 0 Å². The van der Waals surface area contributed by atoms with E-state index in [9.17, 15) is 4.79 Å². The number of amides is 1. The van der Waals surface area contributed by atoms with E-state index in [0.717, 1.165) is 48.0 Å². The standard InChI is InChI=1S/C28H29N5O3S/c1-35-24-16-14-21(15-17-24)27-29-30-28(32(27)19-25-13-8-18-36-25)37-20-26(34)31-33(22-9-4-2-5-10-22)23-11-6-3-7-12-23/h2-7,9-12,14-17,25H,8,13,18-20H2,1H3,(H,31,34). The third-order valence-electron chi connectivity index (χ3n) is 6.07. The summed E-state index contributed by atoms with van der Waals surface area (Å²) in [6.07, 6.45) is 2.14. The highest BCUT2D eigenvalue weighted by Crippen LogP contribution is 2.28. The molecule has 0 spiro atoms. The molecule has 1 aromatic heterocycles. The van der Waals surface area contributed by atoms with Gasteiger partial charge in [-0.15, -0.1) is 10.2 Å². The summed E-state index contributed by atoms with van der Waals surface area (Å²) in [6.45, 7) is 1.41. The molecule has 1 atom stereocenters. The molecule has 1 unspecified atom stereocenters. The van der Waals surface area contributed by atoms with Gasteiger partial charge in [0, 0.05) is 12.2 Å². The Morgan fingerprint density at radius 2 is 1.70 bits per heavy atom. The van der Waals surface area contributed by atoms with E-state index in [4.69, 9.17) is 9.47 Å². The fourth-order valence-electron chi connectivity index (χ4n) is 4.23. The molecule has 2 heterocycles. The van der Waals surface area contributed by atoms with E-state index in [2.05, 4.69) is 20.2 Å². The van der Waals surface area contributed by atoms with Crippen molar-refractivity contribution in [2.45, 2.75) is 30.6 Å². The molecule has 0 saturated carbocycles. The molecule has 1 saturated heterocycles. The first-order valence-electron chi connectivity index (χ1n) is 12.2. The number of aromatic nitrogens is 3. The summed E-state index contributed by atoms with van der Waals surface area (Å²) in [6, 6.07) is 27.3. The van der Waals surface area contributed by atoms with Gasteiger partial charge in [0.1, 0.15) is 5.75 Å². The number of nitrogens with one attached hydrogen (secondary N) is 1. The van der Waals surface area contributed by atoms with Crippen LogP contribution in [-0.4, -0.2) is 46.2 Å². The first-order chi connectivity index (χ1) is 18.2. The molecule has 190 valence electrons. The van der Waals surface area contributed by atoms with Gasteiger partial charge in [-0.3, -0.25) is 19.8 Å². The maximum Gasteiger partial charge on any atom is 0.249 e. The highest BCUT2D eigenvalue weighted by molar-refractivity contribution is 7.99. The van der Waals surface area contributed by atoms with E-state index in [0.29, 0.717) is 11.7 Å². The number of methoxy groups -OCH3 is 1. The van der Waals surface area contributed by atoms with Crippen LogP contribution in [0.5, 0.6) is 5.75 Å². The molecule has 1 aliphatic heterocycles. The monoisotopic (exact) mass is 515 g/mol. The minimum Gasteiger partial charge on any atom is -0.497 e. The van der Waals surface area contributed by atoms with Crippen LogP contribution in [0.1, 0.15) is 12.8 Å². The van der Waals surface area contributed by atoms with E-state index < -0.39 is 0 Å². The topological polar surface area (TPSA) is 81.5 Å². The molecule has 0 aliphatic carbocycles. The summed E-state index contributed by atoms with van der Waals surface area (Å²) in [4.78, 5) is 13.1. The molecule has 3 aromatic carbocycles. The SMILES string of the molecule is COc1ccc(-c2nnc(SCC(=O)NN(c3ccccc3)c3ccccc3)n2CC2CCCO2)cc1. The summed E-state index contributed by atoms with van der Waals surface area (Å²) < 4.78 is 13.2. The second-order valence-electron chi connectivity index (χ2n) is 8.61. The molecule has 5 rings (SSSR count). The van der Waals surface area contributed by atoms with Gasteiger partial charge < -0.3 is 9.47 Å². The van der Waals surface area contributed by atoms with Crippen LogP contribution in [0.3, 0.4) is 0 Å². The Bertz CT molecular complexity index is 1250. The van der Waals surface area contributed by atoms with E-state index in [1.807, 2.05) is 84.9 Å². The van der Waals surface area contributed by atoms with Crippen LogP contribution in [0.15, 0.2) is 90.1 Å². The molecule has 37 heavy (non-hydrogen) atoms. The van der Waals surface area contributed by atoms with Crippen LogP contribution in [-0.2, 0) is 16.1 Å². The molecular formula is C28H29N5O3S. The van der Waals surface area contributed by atoms with E-state index in [-0.39, 0.29) is 17.8 Å². The lowest BCUT2D eigenvalue weighted by Gasteiger charge is -2.25. The predicted molar refractivity (Wildman–Crippen MR) is 145 cm³/mol. The molecule has 9 heteroatoms. The summed E-state index contributed by atoms with van der Waals surface area (Å²) in [5.74, 6) is 1.57. The zero-order valence-corrected chi connectivity index (χ0v) is 21.4. The number of hydrogen-bond donors (Lipinski definition) is 1. The molecular weight excluding hydrogens is 486 g/mol. The van der Waals surface area contributed by atoms with Crippen LogP contribution in [0.4, 0.5) is 11.4 Å². The third-order valence-corrected chi connectivity index (χ3v) is 7.04. The van der Waals surface area contributed by atoms with Crippen LogP contribution in [0, 0.1) is 0 Å². The smallest absolute Gasteiger partial charge is 0.249 e. The Balaban J connectivity index is 1.33. The minimum atomic E-state index is -0.143. The largest absolute Gasteiger partial charge is 0.497 e. The van der Waals surface area contributed by atoms with Crippen molar-refractivity contribution in [3.05, 3.63) is 84.9 Å². The summed E-state index contributed by atoms with van der Waals surface area (Å²) >= 11 is 1.36. The number of nitrogens with zero attached hydrogens (tertiary/aromatic N) is 4. The van der Waals surface area contributed by atoms with Crippen molar-refractivity contribution in [3.63, 3.8) is 0 Å². The van der Waals surface area contributed by atoms with Gasteiger partial charge in [-0.05, 0) is 61.4 Å². The molecule has 8 nitrogen and oxygen atoms in total. The van der Waals surface area contributed by atoms with Crippen molar-refractivity contribution in [1.82, 2.24) is 20.2 Å². The van der Waals surface area contributed by atoms with Crippen molar-refractivity contribution in [1.29, 1.82) is 0 Å².